The molecule has 2 nitrogen and oxygen atoms in total. The zero-order valence-corrected chi connectivity index (χ0v) is 9.43. The Labute approximate surface area is 89.1 Å². The molecule has 0 aromatic carbocycles. The fourth-order valence-electron chi connectivity index (χ4n) is 1.03. The Bertz CT molecular complexity index is 295. The molecule has 0 saturated carbocycles. The van der Waals surface area contributed by atoms with E-state index in [0.717, 1.165) is 23.4 Å². The van der Waals surface area contributed by atoms with Crippen molar-refractivity contribution in [2.45, 2.75) is 20.3 Å². The van der Waals surface area contributed by atoms with Gasteiger partial charge in [0.05, 0.1) is 5.75 Å². The van der Waals surface area contributed by atoms with E-state index in [9.17, 15) is 4.79 Å². The maximum atomic E-state index is 11.6. The van der Waals surface area contributed by atoms with Gasteiger partial charge in [-0.3, -0.25) is 9.78 Å². The summed E-state index contributed by atoms with van der Waals surface area (Å²) < 4.78 is 0. The van der Waals surface area contributed by atoms with Gasteiger partial charge in [-0.15, -0.1) is 0 Å². The Morgan fingerprint density at radius 2 is 2.29 bits per heavy atom. The summed E-state index contributed by atoms with van der Waals surface area (Å²) in [5, 5.41) is 0. The number of Topliss-reactive ketones (excluding diaryl/α,β-unsaturated/α-hetero) is 1. The van der Waals surface area contributed by atoms with Crippen molar-refractivity contribution >= 4 is 17.5 Å². The van der Waals surface area contributed by atoms with Gasteiger partial charge in [-0.2, -0.15) is 11.8 Å². The first-order chi connectivity index (χ1) is 6.74. The van der Waals surface area contributed by atoms with Crippen LogP contribution < -0.4 is 0 Å². The lowest BCUT2D eigenvalue weighted by atomic mass is 10.2. The third kappa shape index (κ3) is 3.50. The fourth-order valence-corrected chi connectivity index (χ4v) is 1.81. The summed E-state index contributed by atoms with van der Waals surface area (Å²) in [7, 11) is 0. The molecule has 0 saturated heterocycles. The largest absolute Gasteiger partial charge is 0.293 e. The minimum absolute atomic E-state index is 0.177. The first-order valence-corrected chi connectivity index (χ1v) is 5.93. The summed E-state index contributed by atoms with van der Waals surface area (Å²) >= 11 is 1.68. The minimum atomic E-state index is 0.177. The van der Waals surface area contributed by atoms with Crippen molar-refractivity contribution in [1.82, 2.24) is 4.98 Å². The highest BCUT2D eigenvalue weighted by Gasteiger charge is 2.04. The molecular weight excluding hydrogens is 194 g/mol. The van der Waals surface area contributed by atoms with E-state index in [-0.39, 0.29) is 5.78 Å². The van der Waals surface area contributed by atoms with Crippen molar-refractivity contribution in [2.24, 2.45) is 0 Å². The first kappa shape index (κ1) is 11.2. The molecule has 14 heavy (non-hydrogen) atoms. The highest BCUT2D eigenvalue weighted by molar-refractivity contribution is 7.99. The Morgan fingerprint density at radius 1 is 1.50 bits per heavy atom. The summed E-state index contributed by atoms with van der Waals surface area (Å²) in [5.74, 6) is 1.79. The van der Waals surface area contributed by atoms with Crippen molar-refractivity contribution in [3.05, 3.63) is 29.6 Å². The maximum Gasteiger partial charge on any atom is 0.174 e. The number of pyridine rings is 1. The fraction of sp³-hybridized carbons (Fsp3) is 0.455. The van der Waals surface area contributed by atoms with Crippen LogP contribution in [0, 0.1) is 6.92 Å². The number of rotatable bonds is 5. The molecule has 0 N–H and O–H groups in total. The highest BCUT2D eigenvalue weighted by Crippen LogP contribution is 2.07. The number of carbonyl (C=O) groups is 1. The molecule has 76 valence electrons. The second kappa shape index (κ2) is 5.81. The van der Waals surface area contributed by atoms with Crippen LogP contribution in [0.5, 0.6) is 0 Å². The van der Waals surface area contributed by atoms with Crippen LogP contribution in [0.3, 0.4) is 0 Å². The lowest BCUT2D eigenvalue weighted by Gasteiger charge is -2.00. The van der Waals surface area contributed by atoms with Crippen LogP contribution in [-0.2, 0) is 0 Å². The van der Waals surface area contributed by atoms with Gasteiger partial charge >= 0.3 is 0 Å². The standard InChI is InChI=1S/C11H15NOS/c1-3-6-14-8-11(13)10-5-4-9(2)12-7-10/h4-5,7H,3,6,8H2,1-2H3. The van der Waals surface area contributed by atoms with Crippen LogP contribution in [0.2, 0.25) is 0 Å². The van der Waals surface area contributed by atoms with Crippen LogP contribution in [0.25, 0.3) is 0 Å². The topological polar surface area (TPSA) is 30.0 Å². The number of hydrogen-bond acceptors (Lipinski definition) is 3. The van der Waals surface area contributed by atoms with E-state index >= 15 is 0 Å². The smallest absolute Gasteiger partial charge is 0.174 e. The van der Waals surface area contributed by atoms with Crippen LogP contribution in [0.15, 0.2) is 18.3 Å². The molecule has 0 radical (unpaired) electrons. The number of nitrogens with zero attached hydrogens (tertiary/aromatic N) is 1. The van der Waals surface area contributed by atoms with Gasteiger partial charge in [0.15, 0.2) is 5.78 Å². The van der Waals surface area contributed by atoms with Crippen molar-refractivity contribution in [3.63, 3.8) is 0 Å². The molecule has 0 unspecified atom stereocenters. The number of thioether (sulfide) groups is 1. The molecule has 0 aliphatic carbocycles. The summed E-state index contributed by atoms with van der Waals surface area (Å²) in [5.41, 5.74) is 1.67. The normalized spacial score (nSPS) is 10.1. The van der Waals surface area contributed by atoms with Crippen LogP contribution in [0.1, 0.15) is 29.4 Å². The lowest BCUT2D eigenvalue weighted by molar-refractivity contribution is 0.102. The van der Waals surface area contributed by atoms with Gasteiger partial charge in [-0.05, 0) is 31.2 Å². The second-order valence-corrected chi connectivity index (χ2v) is 4.27. The predicted molar refractivity (Wildman–Crippen MR) is 60.9 cm³/mol. The maximum absolute atomic E-state index is 11.6. The Morgan fingerprint density at radius 3 is 2.86 bits per heavy atom. The van der Waals surface area contributed by atoms with E-state index in [1.54, 1.807) is 18.0 Å². The molecule has 0 aliphatic heterocycles. The minimum Gasteiger partial charge on any atom is -0.293 e. The number of aryl methyl sites for hydroxylation is 1. The van der Waals surface area contributed by atoms with Crippen molar-refractivity contribution in [3.8, 4) is 0 Å². The Kier molecular flexibility index (Phi) is 4.66. The summed E-state index contributed by atoms with van der Waals surface area (Å²) in [6.45, 7) is 4.03. The van der Waals surface area contributed by atoms with Crippen molar-refractivity contribution in [2.75, 3.05) is 11.5 Å². The molecule has 0 bridgehead atoms. The molecule has 1 rings (SSSR count). The van der Waals surface area contributed by atoms with Crippen LogP contribution in [0.4, 0.5) is 0 Å². The molecule has 1 heterocycles. The van der Waals surface area contributed by atoms with Crippen LogP contribution in [-0.4, -0.2) is 22.3 Å². The molecule has 1 aromatic heterocycles. The van der Waals surface area contributed by atoms with Gasteiger partial charge in [-0.25, -0.2) is 0 Å². The Hall–Kier alpha value is -0.830. The third-order valence-corrected chi connectivity index (χ3v) is 2.98. The van der Waals surface area contributed by atoms with E-state index in [1.165, 1.54) is 0 Å². The predicted octanol–water partition coefficient (Wildman–Crippen LogP) is 2.72. The SMILES string of the molecule is CCCSCC(=O)c1ccc(C)nc1. The molecule has 0 fully saturated rings. The Balaban J connectivity index is 2.48. The molecule has 0 aliphatic rings. The summed E-state index contributed by atoms with van der Waals surface area (Å²) in [6.07, 6.45) is 2.77. The quantitative estimate of drug-likeness (QED) is 0.551. The van der Waals surface area contributed by atoms with Gasteiger partial charge in [0.25, 0.3) is 0 Å². The second-order valence-electron chi connectivity index (χ2n) is 3.16. The van der Waals surface area contributed by atoms with Gasteiger partial charge in [-0.1, -0.05) is 6.92 Å². The van der Waals surface area contributed by atoms with Crippen molar-refractivity contribution in [1.29, 1.82) is 0 Å². The van der Waals surface area contributed by atoms with Crippen molar-refractivity contribution < 1.29 is 4.79 Å². The zero-order valence-electron chi connectivity index (χ0n) is 8.62. The van der Waals surface area contributed by atoms with Gasteiger partial charge < -0.3 is 0 Å². The lowest BCUT2D eigenvalue weighted by Crippen LogP contribution is -2.03. The zero-order chi connectivity index (χ0) is 10.4. The van der Waals surface area contributed by atoms with E-state index in [4.69, 9.17) is 0 Å². The summed E-state index contributed by atoms with van der Waals surface area (Å²) in [4.78, 5) is 15.7. The average Bonchev–Trinajstić information content (AvgIpc) is 2.19. The number of ketones is 1. The third-order valence-electron chi connectivity index (χ3n) is 1.81. The molecule has 0 amide bonds. The van der Waals surface area contributed by atoms with E-state index in [0.29, 0.717) is 5.75 Å². The highest BCUT2D eigenvalue weighted by atomic mass is 32.2. The number of hydrogen-bond donors (Lipinski definition) is 0. The number of carbonyl (C=O) groups excluding carboxylic acids is 1. The van der Waals surface area contributed by atoms with E-state index < -0.39 is 0 Å². The molecule has 1 aromatic rings. The molecule has 0 spiro atoms. The van der Waals surface area contributed by atoms with Gasteiger partial charge in [0.1, 0.15) is 0 Å². The first-order valence-electron chi connectivity index (χ1n) is 4.77. The van der Waals surface area contributed by atoms with E-state index in [1.807, 2.05) is 19.1 Å². The molecule has 3 heteroatoms. The summed E-state index contributed by atoms with van der Waals surface area (Å²) in [6, 6.07) is 3.72. The monoisotopic (exact) mass is 209 g/mol. The number of aromatic nitrogens is 1. The average molecular weight is 209 g/mol. The molecular formula is C11H15NOS. The van der Waals surface area contributed by atoms with Gasteiger partial charge in [0.2, 0.25) is 0 Å². The molecule has 0 atom stereocenters. The van der Waals surface area contributed by atoms with E-state index in [2.05, 4.69) is 11.9 Å². The van der Waals surface area contributed by atoms with Gasteiger partial charge in [0, 0.05) is 17.5 Å². The van der Waals surface area contributed by atoms with Crippen LogP contribution >= 0.6 is 11.8 Å².